The molecule has 2 atom stereocenters. The first kappa shape index (κ1) is 13.9. The van der Waals surface area contributed by atoms with E-state index < -0.39 is 0 Å². The molecule has 0 spiro atoms. The van der Waals surface area contributed by atoms with Crippen molar-refractivity contribution in [2.24, 2.45) is 5.92 Å². The molecule has 0 bridgehead atoms. The Morgan fingerprint density at radius 2 is 1.94 bits per heavy atom. The van der Waals surface area contributed by atoms with E-state index in [-0.39, 0.29) is 6.04 Å². The first-order chi connectivity index (χ1) is 8.77. The molecular formula is C15H28N2O. The molecule has 1 aliphatic heterocycles. The van der Waals surface area contributed by atoms with Crippen molar-refractivity contribution in [2.45, 2.75) is 77.4 Å². The highest BCUT2D eigenvalue weighted by molar-refractivity contribution is 5.84. The van der Waals surface area contributed by atoms with Gasteiger partial charge in [-0.15, -0.1) is 0 Å². The Hall–Kier alpha value is -0.570. The van der Waals surface area contributed by atoms with Crippen molar-refractivity contribution in [1.29, 1.82) is 0 Å². The van der Waals surface area contributed by atoms with Crippen LogP contribution in [0.25, 0.3) is 0 Å². The maximum absolute atomic E-state index is 12.4. The van der Waals surface area contributed by atoms with Crippen LogP contribution in [0.1, 0.15) is 65.2 Å². The number of carbonyl (C=O) groups excluding carboxylic acids is 1. The quantitative estimate of drug-likeness (QED) is 0.788. The Balaban J connectivity index is 2.00. The molecule has 2 unspecified atom stereocenters. The molecule has 18 heavy (non-hydrogen) atoms. The van der Waals surface area contributed by atoms with Gasteiger partial charge < -0.3 is 4.90 Å². The van der Waals surface area contributed by atoms with Crippen molar-refractivity contribution in [3.05, 3.63) is 0 Å². The van der Waals surface area contributed by atoms with Gasteiger partial charge in [-0.05, 0) is 31.6 Å². The second kappa shape index (κ2) is 6.55. The molecule has 0 aromatic rings. The number of unbranched alkanes of at least 4 members (excludes halogenated alkanes) is 1. The van der Waals surface area contributed by atoms with Crippen molar-refractivity contribution in [1.82, 2.24) is 10.2 Å². The van der Waals surface area contributed by atoms with Gasteiger partial charge in [-0.2, -0.15) is 0 Å². The Kier molecular flexibility index (Phi) is 5.04. The van der Waals surface area contributed by atoms with Crippen LogP contribution < -0.4 is 5.32 Å². The lowest BCUT2D eigenvalue weighted by Crippen LogP contribution is -2.42. The molecule has 0 aromatic carbocycles. The second-order valence-corrected chi connectivity index (χ2v) is 5.88. The van der Waals surface area contributed by atoms with Crippen LogP contribution in [0.15, 0.2) is 0 Å². The molecule has 104 valence electrons. The molecule has 1 N–H and O–H groups in total. The van der Waals surface area contributed by atoms with E-state index in [1.165, 1.54) is 32.1 Å². The minimum absolute atomic E-state index is 0.0992. The summed E-state index contributed by atoms with van der Waals surface area (Å²) < 4.78 is 0. The zero-order chi connectivity index (χ0) is 13.0. The monoisotopic (exact) mass is 252 g/mol. The second-order valence-electron chi connectivity index (χ2n) is 5.88. The molecule has 0 aromatic heterocycles. The van der Waals surface area contributed by atoms with E-state index in [1.54, 1.807) is 0 Å². The average molecular weight is 252 g/mol. The number of nitrogens with zero attached hydrogens (tertiary/aromatic N) is 1. The van der Waals surface area contributed by atoms with Gasteiger partial charge in [0.15, 0.2) is 0 Å². The molecule has 1 saturated heterocycles. The van der Waals surface area contributed by atoms with Crippen LogP contribution in [-0.4, -0.2) is 29.6 Å². The lowest BCUT2D eigenvalue weighted by molar-refractivity contribution is -0.130. The first-order valence-electron chi connectivity index (χ1n) is 7.84. The van der Waals surface area contributed by atoms with Gasteiger partial charge in [0.25, 0.3) is 0 Å². The molecule has 1 aliphatic carbocycles. The summed E-state index contributed by atoms with van der Waals surface area (Å²) >= 11 is 0. The maximum atomic E-state index is 12.4. The molecule has 3 nitrogen and oxygen atoms in total. The van der Waals surface area contributed by atoms with Gasteiger partial charge in [0.05, 0.1) is 12.2 Å². The van der Waals surface area contributed by atoms with Crippen LogP contribution in [0.4, 0.5) is 0 Å². The molecule has 1 amide bonds. The van der Waals surface area contributed by atoms with Gasteiger partial charge >= 0.3 is 0 Å². The highest BCUT2D eigenvalue weighted by atomic mass is 16.2. The zero-order valence-corrected chi connectivity index (χ0v) is 12.0. The van der Waals surface area contributed by atoms with E-state index in [2.05, 4.69) is 24.1 Å². The van der Waals surface area contributed by atoms with Gasteiger partial charge in [-0.25, -0.2) is 0 Å². The fourth-order valence-corrected chi connectivity index (χ4v) is 3.47. The fraction of sp³-hybridized carbons (Fsp3) is 0.933. The summed E-state index contributed by atoms with van der Waals surface area (Å²) in [6, 6.07) is 0.0992. The summed E-state index contributed by atoms with van der Waals surface area (Å²) in [5, 5.41) is 3.63. The molecule has 0 radical (unpaired) electrons. The smallest absolute Gasteiger partial charge is 0.241 e. The number of carbonyl (C=O) groups is 1. The zero-order valence-electron chi connectivity index (χ0n) is 12.0. The minimum atomic E-state index is 0.0992. The SMILES string of the molecule is CCCCC1NC(C2CCCC2)N(CCC)C1=O. The van der Waals surface area contributed by atoms with E-state index >= 15 is 0 Å². The predicted molar refractivity (Wildman–Crippen MR) is 74.2 cm³/mol. The number of hydrogen-bond donors (Lipinski definition) is 1. The third-order valence-corrected chi connectivity index (χ3v) is 4.45. The van der Waals surface area contributed by atoms with Crippen molar-refractivity contribution >= 4 is 5.91 Å². The summed E-state index contributed by atoms with van der Waals surface area (Å²) in [6.45, 7) is 5.28. The third-order valence-electron chi connectivity index (χ3n) is 4.45. The van der Waals surface area contributed by atoms with Crippen LogP contribution in [0.5, 0.6) is 0 Å². The van der Waals surface area contributed by atoms with Crippen LogP contribution in [0.2, 0.25) is 0 Å². The first-order valence-corrected chi connectivity index (χ1v) is 7.84. The lowest BCUT2D eigenvalue weighted by Gasteiger charge is -2.28. The molecule has 1 saturated carbocycles. The van der Waals surface area contributed by atoms with Crippen LogP contribution in [0, 0.1) is 5.92 Å². The number of hydrogen-bond acceptors (Lipinski definition) is 2. The van der Waals surface area contributed by atoms with Crippen molar-refractivity contribution in [3.8, 4) is 0 Å². The third kappa shape index (κ3) is 2.87. The van der Waals surface area contributed by atoms with Crippen molar-refractivity contribution in [2.75, 3.05) is 6.54 Å². The van der Waals surface area contributed by atoms with Crippen LogP contribution in [0.3, 0.4) is 0 Å². The number of amides is 1. The summed E-state index contributed by atoms with van der Waals surface area (Å²) in [5.74, 6) is 1.06. The van der Waals surface area contributed by atoms with Gasteiger partial charge in [0.1, 0.15) is 0 Å². The summed E-state index contributed by atoms with van der Waals surface area (Å²) in [6.07, 6.45) is 10.0. The fourth-order valence-electron chi connectivity index (χ4n) is 3.47. The molecular weight excluding hydrogens is 224 g/mol. The Labute approximate surface area is 111 Å². The lowest BCUT2D eigenvalue weighted by atomic mass is 10.0. The normalized spacial score (nSPS) is 29.4. The van der Waals surface area contributed by atoms with E-state index in [1.807, 2.05) is 0 Å². The van der Waals surface area contributed by atoms with Gasteiger partial charge in [0, 0.05) is 6.54 Å². The Morgan fingerprint density at radius 3 is 2.56 bits per heavy atom. The van der Waals surface area contributed by atoms with Gasteiger partial charge in [-0.3, -0.25) is 10.1 Å². The summed E-state index contributed by atoms with van der Waals surface area (Å²) in [7, 11) is 0. The molecule has 2 fully saturated rings. The molecule has 1 heterocycles. The highest BCUT2D eigenvalue weighted by Gasteiger charge is 2.42. The standard InChI is InChI=1S/C15H28N2O/c1-3-5-10-13-15(18)17(11-4-2)14(16-13)12-8-6-7-9-12/h12-14,16H,3-11H2,1-2H3. The van der Waals surface area contributed by atoms with Crippen molar-refractivity contribution < 1.29 is 4.79 Å². The van der Waals surface area contributed by atoms with Crippen LogP contribution >= 0.6 is 0 Å². The highest BCUT2D eigenvalue weighted by Crippen LogP contribution is 2.32. The minimum Gasteiger partial charge on any atom is -0.326 e. The Bertz CT molecular complexity index is 274. The average Bonchev–Trinajstić information content (AvgIpc) is 2.98. The van der Waals surface area contributed by atoms with Crippen molar-refractivity contribution in [3.63, 3.8) is 0 Å². The maximum Gasteiger partial charge on any atom is 0.241 e. The number of nitrogens with one attached hydrogen (secondary N) is 1. The van der Waals surface area contributed by atoms with Crippen LogP contribution in [-0.2, 0) is 4.79 Å². The Morgan fingerprint density at radius 1 is 1.22 bits per heavy atom. The number of rotatable bonds is 6. The molecule has 3 heteroatoms. The van der Waals surface area contributed by atoms with E-state index in [9.17, 15) is 4.79 Å². The summed E-state index contributed by atoms with van der Waals surface area (Å²) in [5.41, 5.74) is 0. The molecule has 2 rings (SSSR count). The van der Waals surface area contributed by atoms with E-state index in [0.717, 1.165) is 25.8 Å². The van der Waals surface area contributed by atoms with E-state index in [4.69, 9.17) is 0 Å². The van der Waals surface area contributed by atoms with Gasteiger partial charge in [0.2, 0.25) is 5.91 Å². The predicted octanol–water partition coefficient (Wildman–Crippen LogP) is 2.90. The molecule has 2 aliphatic rings. The largest absolute Gasteiger partial charge is 0.326 e. The summed E-state index contributed by atoms with van der Waals surface area (Å²) in [4.78, 5) is 14.6. The van der Waals surface area contributed by atoms with E-state index in [0.29, 0.717) is 18.0 Å². The topological polar surface area (TPSA) is 32.3 Å². The van der Waals surface area contributed by atoms with Gasteiger partial charge in [-0.1, -0.05) is 39.5 Å².